The van der Waals surface area contributed by atoms with Crippen molar-refractivity contribution in [3.63, 3.8) is 0 Å². The molecule has 0 aromatic heterocycles. The summed E-state index contributed by atoms with van der Waals surface area (Å²) in [5.41, 5.74) is 2.85. The Balaban J connectivity index is 1.99. The molecule has 80 valence electrons. The van der Waals surface area contributed by atoms with Crippen molar-refractivity contribution in [2.75, 3.05) is 13.1 Å². The van der Waals surface area contributed by atoms with E-state index in [2.05, 4.69) is 29.6 Å². The van der Waals surface area contributed by atoms with E-state index in [-0.39, 0.29) is 5.60 Å². The number of benzene rings is 1. The summed E-state index contributed by atoms with van der Waals surface area (Å²) in [6.07, 6.45) is 3.50. The SMILES string of the molecule is c1ccc2c(c1)CO[C@]21CCCNCC1. The maximum Gasteiger partial charge on any atom is 0.0951 e. The smallest absolute Gasteiger partial charge is 0.0951 e. The van der Waals surface area contributed by atoms with E-state index in [0.717, 1.165) is 32.5 Å². The minimum Gasteiger partial charge on any atom is -0.366 e. The standard InChI is InChI=1S/C13H17NO/c1-2-5-12-11(4-1)10-15-13(12)6-3-8-14-9-7-13/h1-2,4-5,14H,3,6-10H2/t13-/m0/s1. The van der Waals surface area contributed by atoms with E-state index in [1.54, 1.807) is 0 Å². The summed E-state index contributed by atoms with van der Waals surface area (Å²) in [6.45, 7) is 3.01. The van der Waals surface area contributed by atoms with Crippen LogP contribution in [0.2, 0.25) is 0 Å². The van der Waals surface area contributed by atoms with E-state index in [9.17, 15) is 0 Å². The Morgan fingerprint density at radius 3 is 3.07 bits per heavy atom. The van der Waals surface area contributed by atoms with Gasteiger partial charge in [0, 0.05) is 0 Å². The summed E-state index contributed by atoms with van der Waals surface area (Å²) in [6, 6.07) is 8.68. The Labute approximate surface area is 90.6 Å². The van der Waals surface area contributed by atoms with E-state index in [1.165, 1.54) is 17.5 Å². The Hall–Kier alpha value is -0.860. The fourth-order valence-corrected chi connectivity index (χ4v) is 2.84. The second-order valence-corrected chi connectivity index (χ2v) is 4.54. The van der Waals surface area contributed by atoms with E-state index in [1.807, 2.05) is 0 Å². The van der Waals surface area contributed by atoms with Crippen molar-refractivity contribution in [1.29, 1.82) is 0 Å². The van der Waals surface area contributed by atoms with Crippen LogP contribution in [-0.4, -0.2) is 13.1 Å². The zero-order valence-electron chi connectivity index (χ0n) is 8.96. The lowest BCUT2D eigenvalue weighted by molar-refractivity contribution is -0.0469. The number of rotatable bonds is 0. The van der Waals surface area contributed by atoms with Gasteiger partial charge in [-0.05, 0) is 43.5 Å². The molecule has 1 fully saturated rings. The fourth-order valence-electron chi connectivity index (χ4n) is 2.84. The summed E-state index contributed by atoms with van der Waals surface area (Å²) in [4.78, 5) is 0. The highest BCUT2D eigenvalue weighted by atomic mass is 16.5. The highest BCUT2D eigenvalue weighted by Crippen LogP contribution is 2.42. The highest BCUT2D eigenvalue weighted by molar-refractivity contribution is 5.35. The lowest BCUT2D eigenvalue weighted by atomic mass is 9.86. The molecule has 1 aromatic carbocycles. The van der Waals surface area contributed by atoms with Gasteiger partial charge in [-0.2, -0.15) is 0 Å². The molecule has 0 saturated carbocycles. The first-order valence-electron chi connectivity index (χ1n) is 5.84. The third-order valence-electron chi connectivity index (χ3n) is 3.65. The Bertz CT molecular complexity index is 353. The number of nitrogens with one attached hydrogen (secondary N) is 1. The van der Waals surface area contributed by atoms with Crippen LogP contribution in [0.15, 0.2) is 24.3 Å². The topological polar surface area (TPSA) is 21.3 Å². The van der Waals surface area contributed by atoms with Gasteiger partial charge in [0.05, 0.1) is 12.2 Å². The Morgan fingerprint density at radius 2 is 2.07 bits per heavy atom. The largest absolute Gasteiger partial charge is 0.366 e. The van der Waals surface area contributed by atoms with Crippen molar-refractivity contribution in [3.05, 3.63) is 35.4 Å². The molecule has 0 amide bonds. The predicted molar refractivity (Wildman–Crippen MR) is 59.6 cm³/mol. The molecule has 1 atom stereocenters. The first kappa shape index (κ1) is 9.37. The average Bonchev–Trinajstić information content (AvgIpc) is 2.48. The van der Waals surface area contributed by atoms with Crippen molar-refractivity contribution in [2.45, 2.75) is 31.5 Å². The van der Waals surface area contributed by atoms with Crippen molar-refractivity contribution in [3.8, 4) is 0 Å². The van der Waals surface area contributed by atoms with Crippen molar-refractivity contribution in [2.24, 2.45) is 0 Å². The Morgan fingerprint density at radius 1 is 1.13 bits per heavy atom. The molecule has 1 aromatic rings. The van der Waals surface area contributed by atoms with Gasteiger partial charge in [0.25, 0.3) is 0 Å². The average molecular weight is 203 g/mol. The van der Waals surface area contributed by atoms with Gasteiger partial charge in [-0.15, -0.1) is 0 Å². The van der Waals surface area contributed by atoms with Crippen LogP contribution in [0, 0.1) is 0 Å². The normalized spacial score (nSPS) is 30.1. The summed E-state index contributed by atoms with van der Waals surface area (Å²) in [5.74, 6) is 0. The van der Waals surface area contributed by atoms with Crippen LogP contribution in [0.5, 0.6) is 0 Å². The van der Waals surface area contributed by atoms with Crippen LogP contribution in [0.4, 0.5) is 0 Å². The first-order chi connectivity index (χ1) is 7.41. The number of ether oxygens (including phenoxy) is 1. The summed E-state index contributed by atoms with van der Waals surface area (Å²) in [5, 5.41) is 3.45. The van der Waals surface area contributed by atoms with Crippen molar-refractivity contribution < 1.29 is 4.74 Å². The van der Waals surface area contributed by atoms with E-state index in [0.29, 0.717) is 0 Å². The van der Waals surface area contributed by atoms with Crippen LogP contribution in [0.25, 0.3) is 0 Å². The minimum absolute atomic E-state index is 0.0279. The third kappa shape index (κ3) is 1.48. The zero-order valence-corrected chi connectivity index (χ0v) is 8.96. The monoisotopic (exact) mass is 203 g/mol. The highest BCUT2D eigenvalue weighted by Gasteiger charge is 2.39. The minimum atomic E-state index is 0.0279. The van der Waals surface area contributed by atoms with Gasteiger partial charge in [0.2, 0.25) is 0 Å². The van der Waals surface area contributed by atoms with E-state index >= 15 is 0 Å². The molecule has 1 spiro atoms. The van der Waals surface area contributed by atoms with Gasteiger partial charge in [0.15, 0.2) is 0 Å². The maximum absolute atomic E-state index is 6.09. The summed E-state index contributed by atoms with van der Waals surface area (Å²) < 4.78 is 6.09. The maximum atomic E-state index is 6.09. The lowest BCUT2D eigenvalue weighted by Crippen LogP contribution is -2.26. The Kier molecular flexibility index (Phi) is 2.26. The van der Waals surface area contributed by atoms with Crippen LogP contribution in [0.1, 0.15) is 30.4 Å². The first-order valence-corrected chi connectivity index (χ1v) is 5.84. The van der Waals surface area contributed by atoms with Crippen LogP contribution < -0.4 is 5.32 Å². The van der Waals surface area contributed by atoms with Gasteiger partial charge < -0.3 is 10.1 Å². The molecule has 0 radical (unpaired) electrons. The summed E-state index contributed by atoms with van der Waals surface area (Å²) >= 11 is 0. The molecule has 1 N–H and O–H groups in total. The molecule has 2 nitrogen and oxygen atoms in total. The van der Waals surface area contributed by atoms with Gasteiger partial charge in [0.1, 0.15) is 0 Å². The lowest BCUT2D eigenvalue weighted by Gasteiger charge is -2.27. The second kappa shape index (κ2) is 3.62. The van der Waals surface area contributed by atoms with Gasteiger partial charge >= 0.3 is 0 Å². The summed E-state index contributed by atoms with van der Waals surface area (Å²) in [7, 11) is 0. The molecule has 1 saturated heterocycles. The molecule has 15 heavy (non-hydrogen) atoms. The van der Waals surface area contributed by atoms with E-state index < -0.39 is 0 Å². The van der Waals surface area contributed by atoms with E-state index in [4.69, 9.17) is 4.74 Å². The predicted octanol–water partition coefficient (Wildman–Crippen LogP) is 2.19. The quantitative estimate of drug-likeness (QED) is 0.698. The molecule has 2 heteroatoms. The third-order valence-corrected chi connectivity index (χ3v) is 3.65. The molecule has 0 bridgehead atoms. The second-order valence-electron chi connectivity index (χ2n) is 4.54. The molecular formula is C13H17NO. The zero-order chi connectivity index (χ0) is 10.1. The van der Waals surface area contributed by atoms with Crippen LogP contribution in [0.3, 0.4) is 0 Å². The van der Waals surface area contributed by atoms with Crippen molar-refractivity contribution in [1.82, 2.24) is 5.32 Å². The number of fused-ring (bicyclic) bond motifs is 2. The fraction of sp³-hybridized carbons (Fsp3) is 0.538. The van der Waals surface area contributed by atoms with Gasteiger partial charge in [-0.3, -0.25) is 0 Å². The molecule has 2 heterocycles. The molecule has 3 rings (SSSR count). The molecule has 0 aliphatic carbocycles. The van der Waals surface area contributed by atoms with Gasteiger partial charge in [-0.1, -0.05) is 24.3 Å². The van der Waals surface area contributed by atoms with Gasteiger partial charge in [-0.25, -0.2) is 0 Å². The molecule has 2 aliphatic heterocycles. The number of hydrogen-bond donors (Lipinski definition) is 1. The van der Waals surface area contributed by atoms with Crippen molar-refractivity contribution >= 4 is 0 Å². The number of hydrogen-bond acceptors (Lipinski definition) is 2. The molecule has 2 aliphatic rings. The molecular weight excluding hydrogens is 186 g/mol. The van der Waals surface area contributed by atoms with Crippen LogP contribution in [-0.2, 0) is 16.9 Å². The molecule has 0 unspecified atom stereocenters. The van der Waals surface area contributed by atoms with Crippen LogP contribution >= 0.6 is 0 Å².